The third kappa shape index (κ3) is 4.82. The van der Waals surface area contributed by atoms with Gasteiger partial charge in [-0.2, -0.15) is 0 Å². The van der Waals surface area contributed by atoms with Crippen LogP contribution in [-0.2, 0) is 4.79 Å². The molecule has 2 N–H and O–H groups in total. The quantitative estimate of drug-likeness (QED) is 0.787. The lowest BCUT2D eigenvalue weighted by atomic mass is 9.98. The Labute approximate surface area is 129 Å². The SMILES string of the molecule is CCC(O)(CC)CNC(=O)C=Cc1cccc(Cl)c1Cl. The molecule has 0 unspecified atom stereocenters. The molecule has 1 aromatic carbocycles. The second-order valence-electron chi connectivity index (χ2n) is 4.63. The minimum absolute atomic E-state index is 0.229. The molecule has 0 heterocycles. The van der Waals surface area contributed by atoms with E-state index in [9.17, 15) is 9.90 Å². The monoisotopic (exact) mass is 315 g/mol. The van der Waals surface area contributed by atoms with Crippen LogP contribution < -0.4 is 5.32 Å². The normalized spacial score (nSPS) is 11.8. The van der Waals surface area contributed by atoms with Gasteiger partial charge in [0.25, 0.3) is 0 Å². The van der Waals surface area contributed by atoms with Crippen molar-refractivity contribution in [1.29, 1.82) is 0 Å². The summed E-state index contributed by atoms with van der Waals surface area (Å²) >= 11 is 11.9. The van der Waals surface area contributed by atoms with Gasteiger partial charge in [-0.3, -0.25) is 4.79 Å². The Bertz CT molecular complexity index is 497. The molecule has 0 radical (unpaired) electrons. The molecule has 0 atom stereocenters. The fourth-order valence-corrected chi connectivity index (χ4v) is 2.00. The maximum Gasteiger partial charge on any atom is 0.244 e. The van der Waals surface area contributed by atoms with Crippen LogP contribution in [0.4, 0.5) is 0 Å². The molecule has 0 fully saturated rings. The summed E-state index contributed by atoms with van der Waals surface area (Å²) in [6, 6.07) is 5.22. The lowest BCUT2D eigenvalue weighted by molar-refractivity contribution is -0.117. The van der Waals surface area contributed by atoms with E-state index in [4.69, 9.17) is 23.2 Å². The molecule has 0 aliphatic carbocycles. The van der Waals surface area contributed by atoms with E-state index in [0.717, 1.165) is 0 Å². The summed E-state index contributed by atoms with van der Waals surface area (Å²) in [4.78, 5) is 11.7. The first kappa shape index (κ1) is 17.0. The number of carbonyl (C=O) groups excluding carboxylic acids is 1. The van der Waals surface area contributed by atoms with Gasteiger partial charge in [-0.15, -0.1) is 0 Å². The average molecular weight is 316 g/mol. The molecule has 0 bridgehead atoms. The Hall–Kier alpha value is -1.03. The molecular formula is C15H19Cl2NO2. The van der Waals surface area contributed by atoms with Crippen LogP contribution in [0.2, 0.25) is 10.0 Å². The molecule has 1 rings (SSSR count). The van der Waals surface area contributed by atoms with E-state index < -0.39 is 5.60 Å². The summed E-state index contributed by atoms with van der Waals surface area (Å²) in [6.07, 6.45) is 4.16. The lowest BCUT2D eigenvalue weighted by Gasteiger charge is -2.24. The van der Waals surface area contributed by atoms with E-state index in [2.05, 4.69) is 5.32 Å². The van der Waals surface area contributed by atoms with Gasteiger partial charge in [0.15, 0.2) is 0 Å². The van der Waals surface area contributed by atoms with Crippen molar-refractivity contribution >= 4 is 35.2 Å². The summed E-state index contributed by atoms with van der Waals surface area (Å²) in [6.45, 7) is 4.00. The van der Waals surface area contributed by atoms with Crippen molar-refractivity contribution < 1.29 is 9.90 Å². The zero-order chi connectivity index (χ0) is 15.2. The zero-order valence-electron chi connectivity index (χ0n) is 11.6. The smallest absolute Gasteiger partial charge is 0.244 e. The first-order chi connectivity index (χ1) is 9.41. The minimum Gasteiger partial charge on any atom is -0.388 e. The van der Waals surface area contributed by atoms with Crippen molar-refractivity contribution in [3.8, 4) is 0 Å². The predicted molar refractivity (Wildman–Crippen MR) is 84.0 cm³/mol. The number of nitrogens with one attached hydrogen (secondary N) is 1. The number of aliphatic hydroxyl groups is 1. The third-order valence-electron chi connectivity index (χ3n) is 3.30. The Morgan fingerprint density at radius 2 is 2.00 bits per heavy atom. The molecule has 0 aliphatic rings. The minimum atomic E-state index is -0.850. The highest BCUT2D eigenvalue weighted by Gasteiger charge is 2.22. The Morgan fingerprint density at radius 3 is 2.60 bits per heavy atom. The van der Waals surface area contributed by atoms with E-state index in [1.165, 1.54) is 6.08 Å². The van der Waals surface area contributed by atoms with Crippen molar-refractivity contribution in [2.75, 3.05) is 6.54 Å². The lowest BCUT2D eigenvalue weighted by Crippen LogP contribution is -2.41. The Balaban J connectivity index is 2.62. The van der Waals surface area contributed by atoms with Crippen molar-refractivity contribution in [3.63, 3.8) is 0 Å². The van der Waals surface area contributed by atoms with E-state index >= 15 is 0 Å². The van der Waals surface area contributed by atoms with Crippen LogP contribution in [0.25, 0.3) is 6.08 Å². The Morgan fingerprint density at radius 1 is 1.35 bits per heavy atom. The molecule has 0 saturated carbocycles. The summed E-state index contributed by atoms with van der Waals surface area (Å²) < 4.78 is 0. The number of rotatable bonds is 6. The fourth-order valence-electron chi connectivity index (χ4n) is 1.63. The van der Waals surface area contributed by atoms with Gasteiger partial charge in [0.05, 0.1) is 15.6 Å². The number of halogens is 2. The molecule has 110 valence electrons. The maximum atomic E-state index is 11.7. The molecule has 5 heteroatoms. The van der Waals surface area contributed by atoms with E-state index in [0.29, 0.717) is 28.5 Å². The summed E-state index contributed by atoms with van der Waals surface area (Å²) in [7, 11) is 0. The molecule has 0 aromatic heterocycles. The van der Waals surface area contributed by atoms with Crippen molar-refractivity contribution in [3.05, 3.63) is 39.9 Å². The first-order valence-electron chi connectivity index (χ1n) is 6.54. The number of amides is 1. The number of hydrogen-bond donors (Lipinski definition) is 2. The van der Waals surface area contributed by atoms with Gasteiger partial charge in [0.2, 0.25) is 5.91 Å². The number of carbonyl (C=O) groups is 1. The van der Waals surface area contributed by atoms with Crippen LogP contribution >= 0.6 is 23.2 Å². The molecule has 0 saturated heterocycles. The van der Waals surface area contributed by atoms with Crippen LogP contribution in [-0.4, -0.2) is 23.2 Å². The highest BCUT2D eigenvalue weighted by molar-refractivity contribution is 6.42. The molecule has 3 nitrogen and oxygen atoms in total. The van der Waals surface area contributed by atoms with Gasteiger partial charge in [-0.25, -0.2) is 0 Å². The highest BCUT2D eigenvalue weighted by atomic mass is 35.5. The van der Waals surface area contributed by atoms with Crippen LogP contribution in [0, 0.1) is 0 Å². The van der Waals surface area contributed by atoms with Crippen LogP contribution in [0.3, 0.4) is 0 Å². The van der Waals surface area contributed by atoms with E-state index in [1.54, 1.807) is 24.3 Å². The van der Waals surface area contributed by atoms with Crippen LogP contribution in [0.5, 0.6) is 0 Å². The number of hydrogen-bond acceptors (Lipinski definition) is 2. The third-order valence-corrected chi connectivity index (χ3v) is 4.14. The van der Waals surface area contributed by atoms with Gasteiger partial charge >= 0.3 is 0 Å². The van der Waals surface area contributed by atoms with Gasteiger partial charge < -0.3 is 10.4 Å². The van der Waals surface area contributed by atoms with Gasteiger partial charge in [-0.1, -0.05) is 49.2 Å². The Kier molecular flexibility index (Phi) is 6.53. The first-order valence-corrected chi connectivity index (χ1v) is 7.29. The van der Waals surface area contributed by atoms with Gasteiger partial charge in [-0.05, 0) is 30.5 Å². The van der Waals surface area contributed by atoms with Gasteiger partial charge in [0, 0.05) is 12.6 Å². The second kappa shape index (κ2) is 7.67. The molecule has 1 amide bonds. The second-order valence-corrected chi connectivity index (χ2v) is 5.41. The van der Waals surface area contributed by atoms with Crippen molar-refractivity contribution in [2.24, 2.45) is 0 Å². The molecular weight excluding hydrogens is 297 g/mol. The van der Waals surface area contributed by atoms with Crippen molar-refractivity contribution in [2.45, 2.75) is 32.3 Å². The average Bonchev–Trinajstić information content (AvgIpc) is 2.46. The summed E-state index contributed by atoms with van der Waals surface area (Å²) in [5.74, 6) is -0.277. The fraction of sp³-hybridized carbons (Fsp3) is 0.400. The predicted octanol–water partition coefficient (Wildman–Crippen LogP) is 3.67. The van der Waals surface area contributed by atoms with Crippen LogP contribution in [0.1, 0.15) is 32.3 Å². The molecule has 0 aliphatic heterocycles. The summed E-state index contributed by atoms with van der Waals surface area (Å²) in [5, 5.41) is 13.6. The van der Waals surface area contributed by atoms with E-state index in [-0.39, 0.29) is 12.5 Å². The summed E-state index contributed by atoms with van der Waals surface area (Å²) in [5.41, 5.74) is -0.174. The highest BCUT2D eigenvalue weighted by Crippen LogP contribution is 2.26. The van der Waals surface area contributed by atoms with Gasteiger partial charge in [0.1, 0.15) is 0 Å². The standard InChI is InChI=1S/C15H19Cl2NO2/c1-3-15(20,4-2)10-18-13(19)9-8-11-6-5-7-12(16)14(11)17/h5-9,20H,3-4,10H2,1-2H3,(H,18,19). The molecule has 20 heavy (non-hydrogen) atoms. The topological polar surface area (TPSA) is 49.3 Å². The molecule has 1 aromatic rings. The maximum absolute atomic E-state index is 11.7. The molecule has 0 spiro atoms. The zero-order valence-corrected chi connectivity index (χ0v) is 13.1. The number of benzene rings is 1. The largest absolute Gasteiger partial charge is 0.388 e. The van der Waals surface area contributed by atoms with Crippen molar-refractivity contribution in [1.82, 2.24) is 5.32 Å². The van der Waals surface area contributed by atoms with Crippen LogP contribution in [0.15, 0.2) is 24.3 Å². The van der Waals surface area contributed by atoms with E-state index in [1.807, 2.05) is 13.8 Å².